The second-order valence-electron chi connectivity index (χ2n) is 8.31. The van der Waals surface area contributed by atoms with E-state index in [-0.39, 0.29) is 34.0 Å². The van der Waals surface area contributed by atoms with Crippen molar-refractivity contribution in [1.82, 2.24) is 0 Å². The van der Waals surface area contributed by atoms with Crippen LogP contribution in [0, 0.1) is 0 Å². The van der Waals surface area contributed by atoms with Crippen LogP contribution < -0.4 is 0 Å². The number of allylic oxidation sites excluding steroid dienone is 3. The molecule has 0 saturated heterocycles. The van der Waals surface area contributed by atoms with Crippen LogP contribution in [0.4, 0.5) is 0 Å². The summed E-state index contributed by atoms with van der Waals surface area (Å²) >= 11 is 0. The fourth-order valence-corrected chi connectivity index (χ4v) is 3.91. The van der Waals surface area contributed by atoms with Crippen molar-refractivity contribution in [2.24, 2.45) is 0 Å². The zero-order valence-electron chi connectivity index (χ0n) is 20.0. The number of carbonyl (C=O) groups is 6. The topological polar surface area (TPSA) is 163 Å². The van der Waals surface area contributed by atoms with Crippen LogP contribution in [-0.2, 0) is 14.4 Å². The number of carbonyl (C=O) groups excluding carboxylic acids is 6. The van der Waals surface area contributed by atoms with E-state index in [1.165, 1.54) is 18.2 Å². The molecule has 0 radical (unpaired) electrons. The molecule has 0 fully saturated rings. The van der Waals surface area contributed by atoms with Crippen molar-refractivity contribution in [3.05, 3.63) is 124 Å². The van der Waals surface area contributed by atoms with E-state index >= 15 is 0 Å². The molecule has 39 heavy (non-hydrogen) atoms. The van der Waals surface area contributed by atoms with Gasteiger partial charge in [-0.15, -0.1) is 0 Å². The molecule has 0 heterocycles. The van der Waals surface area contributed by atoms with Gasteiger partial charge in [0, 0.05) is 51.6 Å². The van der Waals surface area contributed by atoms with E-state index in [1.807, 2.05) is 0 Å². The van der Waals surface area contributed by atoms with Crippen molar-refractivity contribution >= 4 is 52.0 Å². The van der Waals surface area contributed by atoms with E-state index in [4.69, 9.17) is 0 Å². The highest BCUT2D eigenvalue weighted by Crippen LogP contribution is 2.24. The van der Waals surface area contributed by atoms with E-state index in [2.05, 4.69) is 0 Å². The Morgan fingerprint density at radius 1 is 0.333 bits per heavy atom. The van der Waals surface area contributed by atoms with Crippen molar-refractivity contribution in [2.75, 3.05) is 0 Å². The third-order valence-electron chi connectivity index (χ3n) is 5.82. The molecule has 0 amide bonds. The molecular weight excluding hydrogens is 504 g/mol. The summed E-state index contributed by atoms with van der Waals surface area (Å²) in [6, 6.07) is 19.5. The molecule has 3 aromatic rings. The quantitative estimate of drug-likeness (QED) is 0.370. The van der Waals surface area contributed by atoms with Gasteiger partial charge >= 0.3 is 0 Å². The molecule has 0 spiro atoms. The van der Waals surface area contributed by atoms with Crippen LogP contribution in [0.2, 0.25) is 0 Å². The van der Waals surface area contributed by atoms with E-state index in [9.17, 15) is 44.1 Å². The smallest absolute Gasteiger partial charge is 0.233 e. The molecule has 9 nitrogen and oxygen atoms in total. The number of hydrogen-bond donors (Lipinski definition) is 3. The molecule has 3 aliphatic carbocycles. The summed E-state index contributed by atoms with van der Waals surface area (Å²) in [5.74, 6) is -4.11. The van der Waals surface area contributed by atoms with Crippen LogP contribution in [0.1, 0.15) is 47.8 Å². The minimum atomic E-state index is -0.670. The van der Waals surface area contributed by atoms with Crippen molar-refractivity contribution in [3.8, 4) is 0 Å². The van der Waals surface area contributed by atoms with Gasteiger partial charge in [0.05, 0.1) is 0 Å². The maximum absolute atomic E-state index is 11.3. The first kappa shape index (κ1) is 26.4. The fraction of sp³-hybridized carbons (Fsp3) is 0. The summed E-state index contributed by atoms with van der Waals surface area (Å²) in [5, 5.41) is 28.0. The lowest BCUT2D eigenvalue weighted by molar-refractivity contribution is -0.111. The first-order valence-electron chi connectivity index (χ1n) is 11.4. The summed E-state index contributed by atoms with van der Waals surface area (Å²) in [6.45, 7) is 0. The Kier molecular flexibility index (Phi) is 7.26. The minimum absolute atomic E-state index is 0.139. The van der Waals surface area contributed by atoms with Gasteiger partial charge in [-0.25, -0.2) is 0 Å². The van der Waals surface area contributed by atoms with Crippen LogP contribution in [0.25, 0.3) is 17.3 Å². The molecule has 0 atom stereocenters. The molecular formula is C30H18O9. The Bertz CT molecular complexity index is 1490. The van der Waals surface area contributed by atoms with E-state index < -0.39 is 34.7 Å². The van der Waals surface area contributed by atoms with E-state index in [1.54, 1.807) is 54.6 Å². The second-order valence-corrected chi connectivity index (χ2v) is 8.31. The monoisotopic (exact) mass is 522 g/mol. The lowest BCUT2D eigenvalue weighted by atomic mass is 9.94. The average molecular weight is 522 g/mol. The van der Waals surface area contributed by atoms with Gasteiger partial charge in [0.15, 0.2) is 0 Å². The summed E-state index contributed by atoms with van der Waals surface area (Å²) in [7, 11) is 0. The maximum atomic E-state index is 11.3. The van der Waals surface area contributed by atoms with Crippen LogP contribution >= 0.6 is 0 Å². The maximum Gasteiger partial charge on any atom is 0.233 e. The number of aliphatic hydroxyl groups is 3. The van der Waals surface area contributed by atoms with Crippen LogP contribution in [0.15, 0.2) is 91.0 Å². The molecule has 3 N–H and O–H groups in total. The largest absolute Gasteiger partial charge is 0.507 e. The number of Topliss-reactive ketones (excluding diaryl/α,β-unsaturated/α-hetero) is 3. The van der Waals surface area contributed by atoms with Gasteiger partial charge in [-0.05, 0) is 0 Å². The Morgan fingerprint density at radius 3 is 0.769 bits per heavy atom. The Hall–Kier alpha value is -5.70. The van der Waals surface area contributed by atoms with Crippen molar-refractivity contribution < 1.29 is 44.1 Å². The summed E-state index contributed by atoms with van der Waals surface area (Å²) in [5.41, 5.74) is 2.08. The summed E-state index contributed by atoms with van der Waals surface area (Å²) < 4.78 is 0. The zero-order valence-corrected chi connectivity index (χ0v) is 20.0. The van der Waals surface area contributed by atoms with E-state index in [0.717, 1.165) is 18.2 Å². The van der Waals surface area contributed by atoms with Gasteiger partial charge < -0.3 is 15.3 Å². The number of rotatable bonds is 0. The normalized spacial score (nSPS) is 15.2. The molecule has 0 aliphatic heterocycles. The van der Waals surface area contributed by atoms with Crippen molar-refractivity contribution in [3.63, 3.8) is 0 Å². The molecule has 6 rings (SSSR count). The van der Waals surface area contributed by atoms with Gasteiger partial charge in [0.1, 0.15) is 17.3 Å². The Morgan fingerprint density at radius 2 is 0.538 bits per heavy atom. The highest BCUT2D eigenvalue weighted by Gasteiger charge is 2.26. The average Bonchev–Trinajstić information content (AvgIpc) is 2.94. The predicted molar refractivity (Wildman–Crippen MR) is 139 cm³/mol. The van der Waals surface area contributed by atoms with Gasteiger partial charge in [-0.3, -0.25) is 28.8 Å². The van der Waals surface area contributed by atoms with Gasteiger partial charge in [-0.1, -0.05) is 72.8 Å². The van der Waals surface area contributed by atoms with Crippen molar-refractivity contribution in [1.29, 1.82) is 0 Å². The van der Waals surface area contributed by atoms with Crippen LogP contribution in [0.3, 0.4) is 0 Å². The van der Waals surface area contributed by atoms with Crippen LogP contribution in [0.5, 0.6) is 0 Å². The molecule has 0 unspecified atom stereocenters. The van der Waals surface area contributed by atoms with E-state index in [0.29, 0.717) is 16.7 Å². The van der Waals surface area contributed by atoms with Gasteiger partial charge in [0.2, 0.25) is 34.7 Å². The molecule has 0 saturated carbocycles. The molecule has 9 heteroatoms. The number of fused-ring (bicyclic) bond motifs is 3. The third-order valence-corrected chi connectivity index (χ3v) is 5.82. The Labute approximate surface area is 220 Å². The van der Waals surface area contributed by atoms with Crippen LogP contribution in [-0.4, -0.2) is 50.0 Å². The van der Waals surface area contributed by atoms with Gasteiger partial charge in [0.25, 0.3) is 0 Å². The SMILES string of the molecule is O=C1C=C(O)c2ccccc2C1=O.O=C1C=C(O)c2ccccc2C1=O.O=C1C=C(O)c2ccccc2C1=O. The van der Waals surface area contributed by atoms with Gasteiger partial charge in [-0.2, -0.15) is 0 Å². The summed E-state index contributed by atoms with van der Waals surface area (Å²) in [6.07, 6.45) is 2.85. The molecule has 0 aromatic heterocycles. The fourth-order valence-electron chi connectivity index (χ4n) is 3.91. The third kappa shape index (κ3) is 5.23. The summed E-state index contributed by atoms with van der Waals surface area (Å²) in [4.78, 5) is 66.7. The predicted octanol–water partition coefficient (Wildman–Crippen LogP) is 4.05. The first-order chi connectivity index (χ1) is 18.6. The highest BCUT2D eigenvalue weighted by atomic mass is 16.3. The standard InChI is InChI=1S/3C10H6O3/c3*11-8-5-9(12)10(13)7-4-2-1-3-6(7)8/h3*1-5,11H. The lowest BCUT2D eigenvalue weighted by Gasteiger charge is -2.10. The molecule has 192 valence electrons. The second kappa shape index (κ2) is 10.7. The number of ketones is 6. The highest BCUT2D eigenvalue weighted by molar-refractivity contribution is 6.51. The molecule has 3 aromatic carbocycles. The lowest BCUT2D eigenvalue weighted by Crippen LogP contribution is -2.18. The zero-order chi connectivity index (χ0) is 28.3. The molecule has 0 bridgehead atoms. The minimum Gasteiger partial charge on any atom is -0.507 e. The molecule has 3 aliphatic rings. The number of hydrogen-bond acceptors (Lipinski definition) is 9. The number of benzene rings is 3. The van der Waals surface area contributed by atoms with Crippen molar-refractivity contribution in [2.45, 2.75) is 0 Å². The Balaban J connectivity index is 0.000000136. The first-order valence-corrected chi connectivity index (χ1v) is 11.4. The number of aliphatic hydroxyl groups excluding tert-OH is 3.